The van der Waals surface area contributed by atoms with E-state index in [1.54, 1.807) is 12.1 Å². The molecule has 0 heterocycles. The third-order valence-electron chi connectivity index (χ3n) is 4.09. The molecule has 1 aliphatic carbocycles. The summed E-state index contributed by atoms with van der Waals surface area (Å²) in [5, 5.41) is 3.48. The molecule has 1 N–H and O–H groups in total. The highest BCUT2D eigenvalue weighted by molar-refractivity contribution is 5.21. The second-order valence-electron chi connectivity index (χ2n) is 5.55. The molecular weight excluding hydrogens is 239 g/mol. The zero-order chi connectivity index (χ0) is 13.7. The highest BCUT2D eigenvalue weighted by atomic mass is 19.1. The van der Waals surface area contributed by atoms with Crippen LogP contribution in [0.1, 0.15) is 44.2 Å². The van der Waals surface area contributed by atoms with Crippen LogP contribution in [0.25, 0.3) is 0 Å². The smallest absolute Gasteiger partial charge is 0.128 e. The molecule has 1 aromatic carbocycles. The molecule has 3 heteroatoms. The van der Waals surface area contributed by atoms with Crippen LogP contribution < -0.4 is 5.32 Å². The number of benzene rings is 1. The van der Waals surface area contributed by atoms with Crippen molar-refractivity contribution in [2.24, 2.45) is 0 Å². The Bertz CT molecular complexity index is 390. The normalized spacial score (nSPS) is 17.5. The monoisotopic (exact) mass is 264 g/mol. The summed E-state index contributed by atoms with van der Waals surface area (Å²) in [5.41, 5.74) is 0.794. The van der Waals surface area contributed by atoms with Crippen LogP contribution in [0.4, 0.5) is 4.39 Å². The number of nitrogens with one attached hydrogen (secondary N) is 1. The van der Waals surface area contributed by atoms with Gasteiger partial charge in [-0.05, 0) is 38.9 Å². The summed E-state index contributed by atoms with van der Waals surface area (Å²) in [6.07, 6.45) is 4.97. The van der Waals surface area contributed by atoms with Crippen molar-refractivity contribution in [1.82, 2.24) is 10.2 Å². The average Bonchev–Trinajstić information content (AvgIpc) is 2.33. The summed E-state index contributed by atoms with van der Waals surface area (Å²) < 4.78 is 14.0. The van der Waals surface area contributed by atoms with Crippen LogP contribution in [-0.4, -0.2) is 31.1 Å². The molecule has 1 unspecified atom stereocenters. The van der Waals surface area contributed by atoms with E-state index in [4.69, 9.17) is 0 Å². The molecular formula is C16H25FN2. The van der Waals surface area contributed by atoms with Crippen molar-refractivity contribution in [1.29, 1.82) is 0 Å². The number of halogens is 1. The van der Waals surface area contributed by atoms with Gasteiger partial charge in [0.1, 0.15) is 5.82 Å². The summed E-state index contributed by atoms with van der Waals surface area (Å²) in [5.74, 6) is -0.0990. The van der Waals surface area contributed by atoms with E-state index in [1.807, 2.05) is 12.1 Å². The van der Waals surface area contributed by atoms with Crippen molar-refractivity contribution in [2.45, 2.75) is 44.7 Å². The van der Waals surface area contributed by atoms with Crippen molar-refractivity contribution in [2.75, 3.05) is 20.1 Å². The van der Waals surface area contributed by atoms with E-state index < -0.39 is 0 Å². The molecule has 0 amide bonds. The highest BCUT2D eigenvalue weighted by Gasteiger charge is 2.25. The Labute approximate surface area is 116 Å². The number of hydrogen-bond acceptors (Lipinski definition) is 2. The molecule has 2 nitrogen and oxygen atoms in total. The predicted octanol–water partition coefficient (Wildman–Crippen LogP) is 3.35. The van der Waals surface area contributed by atoms with Gasteiger partial charge in [0.25, 0.3) is 0 Å². The van der Waals surface area contributed by atoms with E-state index in [9.17, 15) is 4.39 Å². The Balaban J connectivity index is 2.04. The molecule has 1 aromatic rings. The van der Waals surface area contributed by atoms with E-state index in [0.29, 0.717) is 6.04 Å². The highest BCUT2D eigenvalue weighted by Crippen LogP contribution is 2.26. The average molecular weight is 264 g/mol. The molecule has 2 rings (SSSR count). The maximum absolute atomic E-state index is 14.0. The van der Waals surface area contributed by atoms with Gasteiger partial charge in [0, 0.05) is 24.2 Å². The van der Waals surface area contributed by atoms with Crippen LogP contribution in [0.2, 0.25) is 0 Å². The third-order valence-corrected chi connectivity index (χ3v) is 4.09. The Morgan fingerprint density at radius 3 is 2.68 bits per heavy atom. The van der Waals surface area contributed by atoms with Gasteiger partial charge in [0.05, 0.1) is 0 Å². The van der Waals surface area contributed by atoms with Crippen LogP contribution in [0.3, 0.4) is 0 Å². The fraction of sp³-hybridized carbons (Fsp3) is 0.625. The van der Waals surface area contributed by atoms with E-state index in [2.05, 4.69) is 24.2 Å². The lowest BCUT2D eigenvalue weighted by molar-refractivity contribution is 0.144. The lowest BCUT2D eigenvalue weighted by Gasteiger charge is -2.37. The Morgan fingerprint density at radius 1 is 1.37 bits per heavy atom. The number of rotatable bonds is 7. The quantitative estimate of drug-likeness (QED) is 0.812. The molecule has 0 radical (unpaired) electrons. The summed E-state index contributed by atoms with van der Waals surface area (Å²) in [6, 6.07) is 7.91. The van der Waals surface area contributed by atoms with Crippen molar-refractivity contribution in [3.8, 4) is 0 Å². The van der Waals surface area contributed by atoms with Gasteiger partial charge >= 0.3 is 0 Å². The molecule has 1 aliphatic rings. The SMILES string of the molecule is CCCNC(CN(C)C1CCC1)c1ccccc1F. The van der Waals surface area contributed by atoms with E-state index >= 15 is 0 Å². The van der Waals surface area contributed by atoms with Crippen LogP contribution in [0.15, 0.2) is 24.3 Å². The topological polar surface area (TPSA) is 15.3 Å². The summed E-state index contributed by atoms with van der Waals surface area (Å²) in [4.78, 5) is 2.38. The first-order valence-electron chi connectivity index (χ1n) is 7.40. The van der Waals surface area contributed by atoms with Gasteiger partial charge in [-0.3, -0.25) is 0 Å². The molecule has 0 saturated heterocycles. The molecule has 19 heavy (non-hydrogen) atoms. The maximum atomic E-state index is 14.0. The second-order valence-corrected chi connectivity index (χ2v) is 5.55. The number of likely N-dealkylation sites (N-methyl/N-ethyl adjacent to an activating group) is 1. The fourth-order valence-electron chi connectivity index (χ4n) is 2.61. The maximum Gasteiger partial charge on any atom is 0.128 e. The minimum atomic E-state index is -0.0990. The van der Waals surface area contributed by atoms with Gasteiger partial charge < -0.3 is 10.2 Å². The zero-order valence-corrected chi connectivity index (χ0v) is 12.0. The van der Waals surface area contributed by atoms with E-state index in [1.165, 1.54) is 19.3 Å². The molecule has 1 saturated carbocycles. The molecule has 1 atom stereocenters. The van der Waals surface area contributed by atoms with Crippen molar-refractivity contribution >= 4 is 0 Å². The zero-order valence-electron chi connectivity index (χ0n) is 12.0. The van der Waals surface area contributed by atoms with Crippen molar-refractivity contribution < 1.29 is 4.39 Å². The lowest BCUT2D eigenvalue weighted by Crippen LogP contribution is -2.42. The Kier molecular flexibility index (Phi) is 5.34. The van der Waals surface area contributed by atoms with Crippen LogP contribution in [0, 0.1) is 5.82 Å². The lowest BCUT2D eigenvalue weighted by atomic mass is 9.91. The van der Waals surface area contributed by atoms with E-state index in [0.717, 1.165) is 25.1 Å². The van der Waals surface area contributed by atoms with Gasteiger partial charge in [0.2, 0.25) is 0 Å². The molecule has 0 aromatic heterocycles. The molecule has 1 fully saturated rings. The summed E-state index contributed by atoms with van der Waals surface area (Å²) in [6.45, 7) is 3.95. The summed E-state index contributed by atoms with van der Waals surface area (Å²) in [7, 11) is 2.16. The fourth-order valence-corrected chi connectivity index (χ4v) is 2.61. The minimum absolute atomic E-state index is 0.0896. The number of hydrogen-bond donors (Lipinski definition) is 1. The minimum Gasteiger partial charge on any atom is -0.309 e. The van der Waals surface area contributed by atoms with Gasteiger partial charge in [-0.2, -0.15) is 0 Å². The molecule has 0 aliphatic heterocycles. The van der Waals surface area contributed by atoms with Gasteiger partial charge in [-0.25, -0.2) is 4.39 Å². The van der Waals surface area contributed by atoms with Crippen LogP contribution in [-0.2, 0) is 0 Å². The molecule has 0 bridgehead atoms. The van der Waals surface area contributed by atoms with Gasteiger partial charge in [0.15, 0.2) is 0 Å². The van der Waals surface area contributed by atoms with Crippen molar-refractivity contribution in [3.05, 3.63) is 35.6 Å². The van der Waals surface area contributed by atoms with Gasteiger partial charge in [-0.1, -0.05) is 31.5 Å². The standard InChI is InChI=1S/C16H25FN2/c1-3-11-18-16(12-19(2)13-7-6-8-13)14-9-4-5-10-15(14)17/h4-5,9-10,13,16,18H,3,6-8,11-12H2,1-2H3. The Morgan fingerprint density at radius 2 is 2.11 bits per heavy atom. The first-order chi connectivity index (χ1) is 9.22. The first kappa shape index (κ1) is 14.5. The van der Waals surface area contributed by atoms with Crippen LogP contribution in [0.5, 0.6) is 0 Å². The van der Waals surface area contributed by atoms with Crippen molar-refractivity contribution in [3.63, 3.8) is 0 Å². The molecule has 106 valence electrons. The summed E-state index contributed by atoms with van der Waals surface area (Å²) >= 11 is 0. The van der Waals surface area contributed by atoms with E-state index in [-0.39, 0.29) is 11.9 Å². The predicted molar refractivity (Wildman–Crippen MR) is 77.7 cm³/mol. The first-order valence-corrected chi connectivity index (χ1v) is 7.40. The Hall–Kier alpha value is -0.930. The van der Waals surface area contributed by atoms with Crippen LogP contribution >= 0.6 is 0 Å². The molecule has 0 spiro atoms. The third kappa shape index (κ3) is 3.77. The largest absolute Gasteiger partial charge is 0.309 e. The second kappa shape index (κ2) is 7.01. The van der Waals surface area contributed by atoms with Gasteiger partial charge in [-0.15, -0.1) is 0 Å². The number of nitrogens with zero attached hydrogens (tertiary/aromatic N) is 1.